The van der Waals surface area contributed by atoms with E-state index in [0.717, 1.165) is 22.9 Å². The molecular formula is C17H13N3O4S. The lowest BCUT2D eigenvalue weighted by Gasteiger charge is -1.99. The molecule has 7 nitrogen and oxygen atoms in total. The third kappa shape index (κ3) is 4.10. The summed E-state index contributed by atoms with van der Waals surface area (Å²) in [6.07, 6.45) is 0. The summed E-state index contributed by atoms with van der Waals surface area (Å²) in [4.78, 5) is 22.2. The van der Waals surface area contributed by atoms with Crippen molar-refractivity contribution in [3.05, 3.63) is 69.8 Å². The summed E-state index contributed by atoms with van der Waals surface area (Å²) in [7, 11) is 0. The van der Waals surface area contributed by atoms with Gasteiger partial charge in [-0.1, -0.05) is 29.5 Å². The van der Waals surface area contributed by atoms with E-state index in [4.69, 9.17) is 4.42 Å². The predicted molar refractivity (Wildman–Crippen MR) is 92.6 cm³/mol. The van der Waals surface area contributed by atoms with Gasteiger partial charge in [-0.3, -0.25) is 14.9 Å². The number of nitro groups is 1. The zero-order chi connectivity index (χ0) is 17.8. The standard InChI is InChI=1S/C17H13N3O4S/c1-11-2-4-13(5-3-11)16-18-19-17(24-16)25-10-15(21)12-6-8-14(9-7-12)20(22)23/h2-9H,10H2,1H3. The molecule has 0 unspecified atom stereocenters. The molecule has 0 spiro atoms. The Morgan fingerprint density at radius 3 is 2.44 bits per heavy atom. The van der Waals surface area contributed by atoms with Crippen molar-refractivity contribution in [1.82, 2.24) is 10.2 Å². The number of carbonyl (C=O) groups is 1. The van der Waals surface area contributed by atoms with Crippen LogP contribution >= 0.6 is 11.8 Å². The summed E-state index contributed by atoms with van der Waals surface area (Å²) in [5.41, 5.74) is 2.29. The number of nitrogens with zero attached hydrogens (tertiary/aromatic N) is 3. The molecule has 126 valence electrons. The molecule has 0 N–H and O–H groups in total. The second kappa shape index (κ2) is 7.27. The van der Waals surface area contributed by atoms with E-state index in [0.29, 0.717) is 16.7 Å². The smallest absolute Gasteiger partial charge is 0.277 e. The second-order valence-electron chi connectivity index (χ2n) is 5.25. The lowest BCUT2D eigenvalue weighted by molar-refractivity contribution is -0.384. The van der Waals surface area contributed by atoms with E-state index in [1.165, 1.54) is 24.3 Å². The summed E-state index contributed by atoms with van der Waals surface area (Å²) < 4.78 is 5.55. The Morgan fingerprint density at radius 2 is 1.80 bits per heavy atom. The number of carbonyl (C=O) groups excluding carboxylic acids is 1. The number of nitro benzene ring substituents is 1. The van der Waals surface area contributed by atoms with Crippen molar-refractivity contribution in [2.75, 3.05) is 5.75 Å². The molecule has 0 aliphatic carbocycles. The van der Waals surface area contributed by atoms with Crippen molar-refractivity contribution in [2.24, 2.45) is 0 Å². The highest BCUT2D eigenvalue weighted by Gasteiger charge is 2.13. The molecule has 0 atom stereocenters. The Kier molecular flexibility index (Phi) is 4.90. The number of Topliss-reactive ketones (excluding diaryl/α,β-unsaturated/α-hetero) is 1. The van der Waals surface area contributed by atoms with Gasteiger partial charge in [0.1, 0.15) is 0 Å². The number of ketones is 1. The first-order chi connectivity index (χ1) is 12.0. The molecule has 1 heterocycles. The van der Waals surface area contributed by atoms with Gasteiger partial charge in [-0.15, -0.1) is 10.2 Å². The number of non-ortho nitro benzene ring substituents is 1. The average Bonchev–Trinajstić information content (AvgIpc) is 3.09. The second-order valence-corrected chi connectivity index (χ2v) is 6.18. The van der Waals surface area contributed by atoms with Gasteiger partial charge in [0.2, 0.25) is 5.89 Å². The Hall–Kier alpha value is -3.00. The monoisotopic (exact) mass is 355 g/mol. The van der Waals surface area contributed by atoms with Crippen LogP contribution in [0.3, 0.4) is 0 Å². The first-order valence-corrected chi connectivity index (χ1v) is 8.32. The van der Waals surface area contributed by atoms with Crippen LogP contribution in [-0.2, 0) is 0 Å². The maximum Gasteiger partial charge on any atom is 0.277 e. The van der Waals surface area contributed by atoms with Crippen molar-refractivity contribution in [2.45, 2.75) is 12.1 Å². The van der Waals surface area contributed by atoms with Crippen molar-refractivity contribution < 1.29 is 14.1 Å². The van der Waals surface area contributed by atoms with E-state index in [2.05, 4.69) is 10.2 Å². The molecule has 0 amide bonds. The highest BCUT2D eigenvalue weighted by molar-refractivity contribution is 7.99. The Balaban J connectivity index is 1.62. The Labute approximate surface area is 147 Å². The van der Waals surface area contributed by atoms with Gasteiger partial charge in [-0.25, -0.2) is 0 Å². The lowest BCUT2D eigenvalue weighted by Crippen LogP contribution is -2.02. The number of benzene rings is 2. The maximum absolute atomic E-state index is 12.1. The van der Waals surface area contributed by atoms with E-state index >= 15 is 0 Å². The van der Waals surface area contributed by atoms with Crippen LogP contribution in [0.25, 0.3) is 11.5 Å². The minimum Gasteiger partial charge on any atom is -0.411 e. The molecule has 0 radical (unpaired) electrons. The van der Waals surface area contributed by atoms with Gasteiger partial charge in [0, 0.05) is 23.3 Å². The SMILES string of the molecule is Cc1ccc(-c2nnc(SCC(=O)c3ccc([N+](=O)[O-])cc3)o2)cc1. The summed E-state index contributed by atoms with van der Waals surface area (Å²) in [6, 6.07) is 13.2. The van der Waals surface area contributed by atoms with Crippen molar-refractivity contribution in [1.29, 1.82) is 0 Å². The number of rotatable bonds is 6. The van der Waals surface area contributed by atoms with Crippen LogP contribution in [0.15, 0.2) is 58.2 Å². The molecule has 0 bridgehead atoms. The van der Waals surface area contributed by atoms with Crippen molar-refractivity contribution in [3.8, 4) is 11.5 Å². The summed E-state index contributed by atoms with van der Waals surface area (Å²) in [5, 5.41) is 18.8. The molecule has 0 fully saturated rings. The third-order valence-corrected chi connectivity index (χ3v) is 4.25. The van der Waals surface area contributed by atoms with Gasteiger partial charge in [-0.05, 0) is 31.2 Å². The van der Waals surface area contributed by atoms with Crippen LogP contribution in [0.1, 0.15) is 15.9 Å². The van der Waals surface area contributed by atoms with Gasteiger partial charge in [0.05, 0.1) is 10.7 Å². The van der Waals surface area contributed by atoms with Crippen molar-refractivity contribution in [3.63, 3.8) is 0 Å². The molecule has 25 heavy (non-hydrogen) atoms. The highest BCUT2D eigenvalue weighted by atomic mass is 32.2. The Bertz CT molecular complexity index is 904. The number of aromatic nitrogens is 2. The number of hydrogen-bond acceptors (Lipinski definition) is 7. The van der Waals surface area contributed by atoms with E-state index in [1.54, 1.807) is 0 Å². The molecular weight excluding hydrogens is 342 g/mol. The van der Waals surface area contributed by atoms with Crippen LogP contribution in [0, 0.1) is 17.0 Å². The zero-order valence-electron chi connectivity index (χ0n) is 13.2. The van der Waals surface area contributed by atoms with Crippen LogP contribution in [-0.4, -0.2) is 26.7 Å². The van der Waals surface area contributed by atoms with E-state index in [9.17, 15) is 14.9 Å². The van der Waals surface area contributed by atoms with E-state index < -0.39 is 4.92 Å². The third-order valence-electron chi connectivity index (χ3n) is 3.43. The molecule has 2 aromatic carbocycles. The fraction of sp³-hybridized carbons (Fsp3) is 0.118. The van der Waals surface area contributed by atoms with Crippen LogP contribution in [0.4, 0.5) is 5.69 Å². The first kappa shape index (κ1) is 16.8. The van der Waals surface area contributed by atoms with Crippen LogP contribution in [0.5, 0.6) is 0 Å². The number of hydrogen-bond donors (Lipinski definition) is 0. The fourth-order valence-electron chi connectivity index (χ4n) is 2.06. The fourth-order valence-corrected chi connectivity index (χ4v) is 2.72. The van der Waals surface area contributed by atoms with Gasteiger partial charge in [0.15, 0.2) is 5.78 Å². The van der Waals surface area contributed by atoms with Gasteiger partial charge < -0.3 is 4.42 Å². The molecule has 8 heteroatoms. The number of thioether (sulfide) groups is 1. The van der Waals surface area contributed by atoms with E-state index in [1.807, 2.05) is 31.2 Å². The largest absolute Gasteiger partial charge is 0.411 e. The normalized spacial score (nSPS) is 10.6. The first-order valence-electron chi connectivity index (χ1n) is 7.34. The van der Waals surface area contributed by atoms with E-state index in [-0.39, 0.29) is 17.2 Å². The van der Waals surface area contributed by atoms with Crippen LogP contribution in [0.2, 0.25) is 0 Å². The maximum atomic E-state index is 12.1. The molecule has 0 aliphatic rings. The highest BCUT2D eigenvalue weighted by Crippen LogP contribution is 2.24. The lowest BCUT2D eigenvalue weighted by atomic mass is 10.1. The van der Waals surface area contributed by atoms with Crippen molar-refractivity contribution >= 4 is 23.2 Å². The summed E-state index contributed by atoms with van der Waals surface area (Å²) in [6.45, 7) is 1.99. The molecule has 0 aliphatic heterocycles. The molecule has 1 aromatic heterocycles. The minimum absolute atomic E-state index is 0.0520. The molecule has 0 saturated heterocycles. The number of aryl methyl sites for hydroxylation is 1. The zero-order valence-corrected chi connectivity index (χ0v) is 14.0. The molecule has 0 saturated carbocycles. The van der Waals surface area contributed by atoms with Gasteiger partial charge >= 0.3 is 0 Å². The van der Waals surface area contributed by atoms with Gasteiger partial charge in [0.25, 0.3) is 10.9 Å². The molecule has 3 rings (SSSR count). The molecule has 3 aromatic rings. The topological polar surface area (TPSA) is 99.1 Å². The quantitative estimate of drug-likeness (QED) is 0.286. The Morgan fingerprint density at radius 1 is 1.12 bits per heavy atom. The summed E-state index contributed by atoms with van der Waals surface area (Å²) >= 11 is 1.13. The minimum atomic E-state index is -0.506. The summed E-state index contributed by atoms with van der Waals surface area (Å²) in [5.74, 6) is 0.327. The predicted octanol–water partition coefficient (Wildman–Crippen LogP) is 3.93. The average molecular weight is 355 g/mol. The van der Waals surface area contributed by atoms with Gasteiger partial charge in [-0.2, -0.15) is 0 Å². The van der Waals surface area contributed by atoms with Crippen LogP contribution < -0.4 is 0 Å².